The molecule has 3 heteroatoms. The highest BCUT2D eigenvalue weighted by molar-refractivity contribution is 6.08. The Balaban J connectivity index is 0. The highest BCUT2D eigenvalue weighted by atomic mass is 15.1. The minimum absolute atomic E-state index is 0.933. The van der Waals surface area contributed by atoms with Gasteiger partial charge in [0.1, 0.15) is 0 Å². The van der Waals surface area contributed by atoms with Crippen LogP contribution in [0.2, 0.25) is 0 Å². The molecule has 0 saturated carbocycles. The predicted molar refractivity (Wildman–Crippen MR) is 93.9 cm³/mol. The molecule has 20 heavy (non-hydrogen) atoms. The van der Waals surface area contributed by atoms with Gasteiger partial charge in [-0.25, -0.2) is 0 Å². The summed E-state index contributed by atoms with van der Waals surface area (Å²) in [5, 5.41) is 0. The van der Waals surface area contributed by atoms with Crippen molar-refractivity contribution in [2.24, 2.45) is 4.99 Å². The molecule has 116 valence electrons. The third-order valence-electron chi connectivity index (χ3n) is 3.18. The zero-order valence-corrected chi connectivity index (χ0v) is 14.5. The van der Waals surface area contributed by atoms with Gasteiger partial charge in [0.25, 0.3) is 0 Å². The van der Waals surface area contributed by atoms with Crippen LogP contribution in [0.5, 0.6) is 0 Å². The molecule has 0 radical (unpaired) electrons. The van der Waals surface area contributed by atoms with Crippen LogP contribution >= 0.6 is 0 Å². The van der Waals surface area contributed by atoms with Crippen molar-refractivity contribution in [1.82, 2.24) is 9.80 Å². The van der Waals surface area contributed by atoms with Crippen molar-refractivity contribution in [3.63, 3.8) is 0 Å². The van der Waals surface area contributed by atoms with Gasteiger partial charge in [0, 0.05) is 20.1 Å². The number of likely N-dealkylation sites (N-methyl/N-ethyl adjacent to an activating group) is 2. The highest BCUT2D eigenvalue weighted by Crippen LogP contribution is 2.06. The number of rotatable bonds is 7. The minimum Gasteiger partial charge on any atom is -0.308 e. The summed E-state index contributed by atoms with van der Waals surface area (Å²) in [5.74, 6) is 0. The summed E-state index contributed by atoms with van der Waals surface area (Å²) >= 11 is 0. The van der Waals surface area contributed by atoms with Crippen LogP contribution in [0.4, 0.5) is 0 Å². The Kier molecular flexibility index (Phi) is 13.5. The molecule has 0 aromatic heterocycles. The van der Waals surface area contributed by atoms with Crippen LogP contribution < -0.4 is 0 Å². The van der Waals surface area contributed by atoms with Crippen molar-refractivity contribution in [2.75, 3.05) is 47.8 Å². The van der Waals surface area contributed by atoms with Crippen LogP contribution in [0, 0.1) is 0 Å². The molecule has 0 rings (SSSR count). The van der Waals surface area contributed by atoms with Gasteiger partial charge in [-0.05, 0) is 58.8 Å². The Bertz CT molecular complexity index is 338. The van der Waals surface area contributed by atoms with Gasteiger partial charge in [0.15, 0.2) is 0 Å². The lowest BCUT2D eigenvalue weighted by atomic mass is 10.1. The van der Waals surface area contributed by atoms with Gasteiger partial charge in [0.05, 0.1) is 5.71 Å². The van der Waals surface area contributed by atoms with Gasteiger partial charge in [0.2, 0.25) is 0 Å². The SMILES string of the molecule is C=CC(=NC)/C(C)=C(/C)C=C.CCN(C)CCN(C)C. The van der Waals surface area contributed by atoms with Gasteiger partial charge in [-0.1, -0.05) is 26.2 Å². The number of allylic oxidation sites excluding steroid dienone is 4. The standard InChI is InChI=1S/C10H15N.C7H18N2/c1-6-8(3)9(4)10(7-2)11-5;1-5-9(4)7-6-8(2)3/h6-7H,1-2H2,3-5H3;5-7H2,1-4H3/b9-8-,11-10?;. The van der Waals surface area contributed by atoms with Crippen molar-refractivity contribution in [3.8, 4) is 0 Å². The summed E-state index contributed by atoms with van der Waals surface area (Å²) in [7, 11) is 8.10. The maximum atomic E-state index is 4.07. The van der Waals surface area contributed by atoms with E-state index in [4.69, 9.17) is 0 Å². The Hall–Kier alpha value is -1.19. The number of aliphatic imine (C=N–C) groups is 1. The molecule has 0 atom stereocenters. The quantitative estimate of drug-likeness (QED) is 0.526. The Morgan fingerprint density at radius 2 is 1.60 bits per heavy atom. The zero-order valence-electron chi connectivity index (χ0n) is 14.5. The molecule has 0 fully saturated rings. The molecular weight excluding hydrogens is 246 g/mol. The van der Waals surface area contributed by atoms with E-state index in [9.17, 15) is 0 Å². The monoisotopic (exact) mass is 279 g/mol. The number of hydrogen-bond acceptors (Lipinski definition) is 3. The molecule has 0 saturated heterocycles. The van der Waals surface area contributed by atoms with Crippen LogP contribution in [-0.4, -0.2) is 63.3 Å². The van der Waals surface area contributed by atoms with E-state index in [-0.39, 0.29) is 0 Å². The first-order chi connectivity index (χ1) is 9.33. The van der Waals surface area contributed by atoms with Crippen LogP contribution in [-0.2, 0) is 0 Å². The van der Waals surface area contributed by atoms with E-state index < -0.39 is 0 Å². The summed E-state index contributed by atoms with van der Waals surface area (Å²) in [6.45, 7) is 17.0. The van der Waals surface area contributed by atoms with Crippen molar-refractivity contribution in [1.29, 1.82) is 0 Å². The van der Waals surface area contributed by atoms with Crippen LogP contribution in [0.1, 0.15) is 20.8 Å². The van der Waals surface area contributed by atoms with E-state index in [1.807, 2.05) is 19.9 Å². The first-order valence-electron chi connectivity index (χ1n) is 7.06. The Labute approximate surface area is 126 Å². The Morgan fingerprint density at radius 1 is 1.05 bits per heavy atom. The number of nitrogens with zero attached hydrogens (tertiary/aromatic N) is 3. The second-order valence-corrected chi connectivity index (χ2v) is 5.02. The second kappa shape index (κ2) is 12.8. The average molecular weight is 279 g/mol. The molecule has 0 aliphatic rings. The lowest BCUT2D eigenvalue weighted by molar-refractivity contribution is 0.292. The normalized spacial score (nSPS) is 12.8. The zero-order chi connectivity index (χ0) is 16.1. The first-order valence-corrected chi connectivity index (χ1v) is 7.06. The van der Waals surface area contributed by atoms with Crippen molar-refractivity contribution >= 4 is 5.71 Å². The second-order valence-electron chi connectivity index (χ2n) is 5.02. The van der Waals surface area contributed by atoms with Crippen molar-refractivity contribution in [3.05, 3.63) is 36.5 Å². The molecule has 3 nitrogen and oxygen atoms in total. The number of hydrogen-bond donors (Lipinski definition) is 0. The fourth-order valence-corrected chi connectivity index (χ4v) is 1.30. The van der Waals surface area contributed by atoms with E-state index >= 15 is 0 Å². The fourth-order valence-electron chi connectivity index (χ4n) is 1.30. The van der Waals surface area contributed by atoms with Gasteiger partial charge in [-0.2, -0.15) is 0 Å². The summed E-state index contributed by atoms with van der Waals surface area (Å²) < 4.78 is 0. The van der Waals surface area contributed by atoms with Gasteiger partial charge in [-0.15, -0.1) is 0 Å². The van der Waals surface area contributed by atoms with Gasteiger partial charge in [-0.3, -0.25) is 4.99 Å². The summed E-state index contributed by atoms with van der Waals surface area (Å²) in [5.41, 5.74) is 3.21. The Morgan fingerprint density at radius 3 is 1.90 bits per heavy atom. The third-order valence-corrected chi connectivity index (χ3v) is 3.18. The molecule has 0 aliphatic carbocycles. The van der Waals surface area contributed by atoms with E-state index in [1.165, 1.54) is 6.54 Å². The van der Waals surface area contributed by atoms with E-state index in [1.54, 1.807) is 13.1 Å². The van der Waals surface area contributed by atoms with Gasteiger partial charge >= 0.3 is 0 Å². The molecular formula is C17H33N3. The maximum Gasteiger partial charge on any atom is 0.0596 e. The van der Waals surface area contributed by atoms with E-state index in [0.717, 1.165) is 29.9 Å². The van der Waals surface area contributed by atoms with Crippen molar-refractivity contribution in [2.45, 2.75) is 20.8 Å². The predicted octanol–water partition coefficient (Wildman–Crippen LogP) is 3.27. The largest absolute Gasteiger partial charge is 0.308 e. The molecule has 0 heterocycles. The summed E-state index contributed by atoms with van der Waals surface area (Å²) in [4.78, 5) is 8.57. The maximum absolute atomic E-state index is 4.07. The van der Waals surface area contributed by atoms with E-state index in [0.29, 0.717) is 0 Å². The van der Waals surface area contributed by atoms with Crippen LogP contribution in [0.25, 0.3) is 0 Å². The van der Waals surface area contributed by atoms with E-state index in [2.05, 4.69) is 56.0 Å². The highest BCUT2D eigenvalue weighted by Gasteiger charge is 1.97. The molecule has 0 amide bonds. The lowest BCUT2D eigenvalue weighted by Gasteiger charge is -2.16. The lowest BCUT2D eigenvalue weighted by Crippen LogP contribution is -2.28. The van der Waals surface area contributed by atoms with Gasteiger partial charge < -0.3 is 9.80 Å². The summed E-state index contributed by atoms with van der Waals surface area (Å²) in [6, 6.07) is 0. The topological polar surface area (TPSA) is 18.8 Å². The molecule has 0 aromatic rings. The molecule has 0 bridgehead atoms. The molecule has 0 aliphatic heterocycles. The fraction of sp³-hybridized carbons (Fsp3) is 0.588. The summed E-state index contributed by atoms with van der Waals surface area (Å²) in [6.07, 6.45) is 3.58. The third kappa shape index (κ3) is 10.7. The average Bonchev–Trinajstić information content (AvgIpc) is 2.45. The minimum atomic E-state index is 0.933. The van der Waals surface area contributed by atoms with Crippen LogP contribution in [0.15, 0.2) is 41.4 Å². The smallest absolute Gasteiger partial charge is 0.0596 e. The first kappa shape index (κ1) is 21.1. The van der Waals surface area contributed by atoms with Crippen molar-refractivity contribution < 1.29 is 0 Å². The molecule has 0 spiro atoms. The molecule has 0 aromatic carbocycles. The molecule has 0 N–H and O–H groups in total. The molecule has 0 unspecified atom stereocenters. The van der Waals surface area contributed by atoms with Crippen LogP contribution in [0.3, 0.4) is 0 Å².